The lowest BCUT2D eigenvalue weighted by Crippen LogP contribution is -2.49. The number of methoxy groups -OCH3 is 1. The first-order valence-electron chi connectivity index (χ1n) is 7.43. The van der Waals surface area contributed by atoms with Gasteiger partial charge in [-0.05, 0) is 0 Å². The number of anilines is 1. The molecule has 0 aromatic carbocycles. The Morgan fingerprint density at radius 1 is 1.29 bits per heavy atom. The first-order valence-corrected chi connectivity index (χ1v) is 7.43. The number of ether oxygens (including phenoxy) is 2. The first kappa shape index (κ1) is 18.2. The number of carbonyl (C=O) groups excluding carboxylic acids is 1. The number of nitrogens with zero attached hydrogens (tertiary/aromatic N) is 4. The zero-order valence-electron chi connectivity index (χ0n) is 13.3. The van der Waals surface area contributed by atoms with E-state index in [1.54, 1.807) is 17.2 Å². The van der Waals surface area contributed by atoms with Crippen LogP contribution in [0.2, 0.25) is 0 Å². The van der Waals surface area contributed by atoms with Gasteiger partial charge in [-0.25, -0.2) is 4.98 Å². The quantitative estimate of drug-likeness (QED) is 0.718. The van der Waals surface area contributed by atoms with Gasteiger partial charge < -0.3 is 19.3 Å². The highest BCUT2D eigenvalue weighted by molar-refractivity contribution is 5.76. The van der Waals surface area contributed by atoms with Gasteiger partial charge in [-0.3, -0.25) is 4.79 Å². The number of hydrogen-bond donors (Lipinski definition) is 0. The summed E-state index contributed by atoms with van der Waals surface area (Å²) in [4.78, 5) is 23.9. The Labute approximate surface area is 137 Å². The molecular weight excluding hydrogens is 329 g/mol. The van der Waals surface area contributed by atoms with Gasteiger partial charge in [-0.1, -0.05) is 0 Å². The van der Waals surface area contributed by atoms with E-state index in [0.717, 1.165) is 0 Å². The number of aromatic nitrogens is 2. The second-order valence-corrected chi connectivity index (χ2v) is 5.18. The minimum Gasteiger partial charge on any atom is -0.481 e. The molecule has 0 aliphatic carbocycles. The van der Waals surface area contributed by atoms with E-state index in [1.807, 2.05) is 4.90 Å². The molecule has 0 unspecified atom stereocenters. The molecule has 134 valence electrons. The van der Waals surface area contributed by atoms with E-state index in [0.29, 0.717) is 38.0 Å². The van der Waals surface area contributed by atoms with Crippen molar-refractivity contribution in [1.29, 1.82) is 0 Å². The number of piperazine rings is 1. The summed E-state index contributed by atoms with van der Waals surface area (Å²) in [5.74, 6) is 0.763. The highest BCUT2D eigenvalue weighted by atomic mass is 19.4. The minimum absolute atomic E-state index is 0.0638. The average molecular weight is 348 g/mol. The molecule has 7 nitrogen and oxygen atoms in total. The fourth-order valence-corrected chi connectivity index (χ4v) is 2.26. The average Bonchev–Trinajstić information content (AvgIpc) is 2.58. The Kier molecular flexibility index (Phi) is 6.18. The summed E-state index contributed by atoms with van der Waals surface area (Å²) in [6, 6.07) is 1.64. The lowest BCUT2D eigenvalue weighted by molar-refractivity contribution is -0.175. The first-order chi connectivity index (χ1) is 11.4. The molecule has 1 amide bonds. The summed E-state index contributed by atoms with van der Waals surface area (Å²) in [7, 11) is 1.52. The summed E-state index contributed by atoms with van der Waals surface area (Å²) in [6.45, 7) is 0.431. The van der Waals surface area contributed by atoms with Gasteiger partial charge in [0.2, 0.25) is 17.7 Å². The zero-order chi connectivity index (χ0) is 17.6. The smallest absolute Gasteiger partial charge is 0.411 e. The SMILES string of the molecule is COc1ccnc(N2CCN(C(=O)CCOCC(F)(F)F)CC2)n1. The van der Waals surface area contributed by atoms with Crippen LogP contribution in [-0.4, -0.2) is 73.5 Å². The van der Waals surface area contributed by atoms with E-state index >= 15 is 0 Å². The molecule has 1 fully saturated rings. The van der Waals surface area contributed by atoms with E-state index in [1.165, 1.54) is 7.11 Å². The third kappa shape index (κ3) is 5.52. The van der Waals surface area contributed by atoms with Crippen LogP contribution in [-0.2, 0) is 9.53 Å². The Bertz CT molecular complexity index is 548. The molecular formula is C14H19F3N4O3. The molecule has 0 saturated carbocycles. The third-order valence-corrected chi connectivity index (χ3v) is 3.47. The van der Waals surface area contributed by atoms with Crippen molar-refractivity contribution in [1.82, 2.24) is 14.9 Å². The van der Waals surface area contributed by atoms with Gasteiger partial charge in [0.25, 0.3) is 0 Å². The summed E-state index contributed by atoms with van der Waals surface area (Å²) >= 11 is 0. The predicted octanol–water partition coefficient (Wildman–Crippen LogP) is 1.10. The maximum absolute atomic E-state index is 12.0. The molecule has 2 heterocycles. The van der Waals surface area contributed by atoms with Crippen molar-refractivity contribution in [3.8, 4) is 5.88 Å². The van der Waals surface area contributed by atoms with Crippen LogP contribution < -0.4 is 9.64 Å². The standard InChI is InChI=1S/C14H19F3N4O3/c1-23-11-2-4-18-13(19-11)21-7-5-20(6-8-21)12(22)3-9-24-10-14(15,16)17/h2,4H,3,5-10H2,1H3. The highest BCUT2D eigenvalue weighted by Gasteiger charge is 2.28. The van der Waals surface area contributed by atoms with E-state index in [2.05, 4.69) is 14.7 Å². The number of alkyl halides is 3. The molecule has 10 heteroatoms. The maximum Gasteiger partial charge on any atom is 0.411 e. The molecule has 0 spiro atoms. The Hall–Kier alpha value is -2.10. The Morgan fingerprint density at radius 2 is 2.00 bits per heavy atom. The summed E-state index contributed by atoms with van der Waals surface area (Å²) < 4.78 is 45.3. The predicted molar refractivity (Wildman–Crippen MR) is 78.9 cm³/mol. The largest absolute Gasteiger partial charge is 0.481 e. The van der Waals surface area contributed by atoms with Crippen LogP contribution in [0.5, 0.6) is 5.88 Å². The molecule has 24 heavy (non-hydrogen) atoms. The lowest BCUT2D eigenvalue weighted by Gasteiger charge is -2.34. The van der Waals surface area contributed by atoms with Crippen LogP contribution in [0.1, 0.15) is 6.42 Å². The van der Waals surface area contributed by atoms with Crippen LogP contribution in [0, 0.1) is 0 Å². The normalized spacial score (nSPS) is 15.5. The zero-order valence-corrected chi connectivity index (χ0v) is 13.3. The number of hydrogen-bond acceptors (Lipinski definition) is 6. The summed E-state index contributed by atoms with van der Waals surface area (Å²) in [5, 5.41) is 0. The fourth-order valence-electron chi connectivity index (χ4n) is 2.26. The number of halogens is 3. The molecule has 1 aliphatic heterocycles. The molecule has 1 aromatic heterocycles. The number of amides is 1. The van der Waals surface area contributed by atoms with Gasteiger partial charge in [0.1, 0.15) is 6.61 Å². The molecule has 0 atom stereocenters. The maximum atomic E-state index is 12.0. The van der Waals surface area contributed by atoms with Crippen molar-refractivity contribution in [3.05, 3.63) is 12.3 Å². The van der Waals surface area contributed by atoms with Crippen molar-refractivity contribution < 1.29 is 27.4 Å². The summed E-state index contributed by atoms with van der Waals surface area (Å²) in [6.07, 6.45) is -2.84. The molecule has 0 radical (unpaired) electrons. The van der Waals surface area contributed by atoms with Crippen LogP contribution in [0.15, 0.2) is 12.3 Å². The lowest BCUT2D eigenvalue weighted by atomic mass is 10.3. The van der Waals surface area contributed by atoms with E-state index in [4.69, 9.17) is 4.74 Å². The molecule has 1 aliphatic rings. The fraction of sp³-hybridized carbons (Fsp3) is 0.643. The topological polar surface area (TPSA) is 67.8 Å². The van der Waals surface area contributed by atoms with Gasteiger partial charge in [0.15, 0.2) is 0 Å². The summed E-state index contributed by atoms with van der Waals surface area (Å²) in [5.41, 5.74) is 0. The minimum atomic E-state index is -4.37. The van der Waals surface area contributed by atoms with Gasteiger partial charge in [-0.15, -0.1) is 0 Å². The van der Waals surface area contributed by atoms with Crippen molar-refractivity contribution in [2.75, 3.05) is 51.4 Å². The Balaban J connectivity index is 1.74. The second-order valence-electron chi connectivity index (χ2n) is 5.18. The van der Waals surface area contributed by atoms with Crippen LogP contribution >= 0.6 is 0 Å². The Morgan fingerprint density at radius 3 is 2.62 bits per heavy atom. The van der Waals surface area contributed by atoms with E-state index < -0.39 is 12.8 Å². The van der Waals surface area contributed by atoms with E-state index in [-0.39, 0.29) is 18.9 Å². The molecule has 1 aromatic rings. The molecule has 2 rings (SSSR count). The van der Waals surface area contributed by atoms with Crippen molar-refractivity contribution >= 4 is 11.9 Å². The molecule has 0 N–H and O–H groups in total. The van der Waals surface area contributed by atoms with Gasteiger partial charge in [-0.2, -0.15) is 18.2 Å². The van der Waals surface area contributed by atoms with Crippen molar-refractivity contribution in [2.24, 2.45) is 0 Å². The third-order valence-electron chi connectivity index (χ3n) is 3.47. The van der Waals surface area contributed by atoms with Crippen LogP contribution in [0.3, 0.4) is 0 Å². The van der Waals surface area contributed by atoms with Gasteiger partial charge >= 0.3 is 6.18 Å². The van der Waals surface area contributed by atoms with Gasteiger partial charge in [0, 0.05) is 38.4 Å². The molecule has 1 saturated heterocycles. The second kappa shape index (κ2) is 8.13. The monoisotopic (exact) mass is 348 g/mol. The number of carbonyl (C=O) groups is 1. The van der Waals surface area contributed by atoms with Crippen molar-refractivity contribution in [3.63, 3.8) is 0 Å². The van der Waals surface area contributed by atoms with Crippen molar-refractivity contribution in [2.45, 2.75) is 12.6 Å². The highest BCUT2D eigenvalue weighted by Crippen LogP contribution is 2.16. The number of rotatable bonds is 6. The van der Waals surface area contributed by atoms with E-state index in [9.17, 15) is 18.0 Å². The van der Waals surface area contributed by atoms with Crippen LogP contribution in [0.4, 0.5) is 19.1 Å². The molecule has 0 bridgehead atoms. The van der Waals surface area contributed by atoms with Gasteiger partial charge in [0.05, 0.1) is 20.1 Å². The van der Waals surface area contributed by atoms with Crippen LogP contribution in [0.25, 0.3) is 0 Å².